The number of aryl methyl sites for hydroxylation is 1. The number of pyridine rings is 1. The van der Waals surface area contributed by atoms with Crippen LogP contribution >= 0.6 is 0 Å². The van der Waals surface area contributed by atoms with E-state index in [1.807, 2.05) is 24.0 Å². The van der Waals surface area contributed by atoms with E-state index in [-0.39, 0.29) is 12.1 Å². The van der Waals surface area contributed by atoms with Crippen molar-refractivity contribution in [2.45, 2.75) is 52.6 Å². The molecule has 0 bridgehead atoms. The second-order valence-corrected chi connectivity index (χ2v) is 5.74. The molecule has 4 heteroatoms. The van der Waals surface area contributed by atoms with Crippen LogP contribution in [0.3, 0.4) is 0 Å². The topological polar surface area (TPSA) is 45.2 Å². The average molecular weight is 261 g/mol. The standard InChI is InChI=1S/C15H23N3O/c1-10(2)12(4)18(14-5-6-14)15(19)17-13-7-8-16-11(3)9-13/h7-10,12,14H,5-6H2,1-4H3,(H,16,17,19)/t12-/m0/s1. The lowest BCUT2D eigenvalue weighted by Gasteiger charge is -2.32. The van der Waals surface area contributed by atoms with Gasteiger partial charge in [-0.25, -0.2) is 4.79 Å². The maximum atomic E-state index is 12.4. The highest BCUT2D eigenvalue weighted by Gasteiger charge is 2.36. The quantitative estimate of drug-likeness (QED) is 0.902. The number of nitrogens with one attached hydrogen (secondary N) is 1. The molecule has 4 nitrogen and oxygen atoms in total. The third-order valence-corrected chi connectivity index (χ3v) is 3.73. The van der Waals surface area contributed by atoms with E-state index in [2.05, 4.69) is 31.1 Å². The predicted octanol–water partition coefficient (Wildman–Crippen LogP) is 3.43. The minimum Gasteiger partial charge on any atom is -0.319 e. The molecule has 1 aromatic heterocycles. The van der Waals surface area contributed by atoms with Crippen LogP contribution in [0.25, 0.3) is 0 Å². The van der Waals surface area contributed by atoms with Gasteiger partial charge in [0, 0.05) is 29.7 Å². The Kier molecular flexibility index (Phi) is 4.08. The zero-order valence-corrected chi connectivity index (χ0v) is 12.2. The van der Waals surface area contributed by atoms with Crippen LogP contribution < -0.4 is 5.32 Å². The Morgan fingerprint density at radius 1 is 1.42 bits per heavy atom. The molecule has 1 aromatic rings. The van der Waals surface area contributed by atoms with Crippen molar-refractivity contribution in [3.05, 3.63) is 24.0 Å². The van der Waals surface area contributed by atoms with Crippen LogP contribution in [0.1, 0.15) is 39.3 Å². The molecule has 1 fully saturated rings. The minimum absolute atomic E-state index is 0.00861. The highest BCUT2D eigenvalue weighted by Crippen LogP contribution is 2.31. The molecule has 2 amide bonds. The van der Waals surface area contributed by atoms with Gasteiger partial charge >= 0.3 is 6.03 Å². The zero-order valence-electron chi connectivity index (χ0n) is 12.2. The third kappa shape index (κ3) is 3.46. The van der Waals surface area contributed by atoms with Crippen LogP contribution in [-0.4, -0.2) is 28.0 Å². The summed E-state index contributed by atoms with van der Waals surface area (Å²) in [5.41, 5.74) is 1.73. The molecule has 19 heavy (non-hydrogen) atoms. The number of urea groups is 1. The molecule has 1 atom stereocenters. The van der Waals surface area contributed by atoms with E-state index < -0.39 is 0 Å². The van der Waals surface area contributed by atoms with Crippen LogP contribution in [-0.2, 0) is 0 Å². The van der Waals surface area contributed by atoms with Gasteiger partial charge in [-0.15, -0.1) is 0 Å². The van der Waals surface area contributed by atoms with E-state index >= 15 is 0 Å². The van der Waals surface area contributed by atoms with Crippen molar-refractivity contribution in [1.82, 2.24) is 9.88 Å². The molecular formula is C15H23N3O. The highest BCUT2D eigenvalue weighted by atomic mass is 16.2. The second-order valence-electron chi connectivity index (χ2n) is 5.74. The third-order valence-electron chi connectivity index (χ3n) is 3.73. The van der Waals surface area contributed by atoms with Crippen molar-refractivity contribution in [1.29, 1.82) is 0 Å². The fourth-order valence-electron chi connectivity index (χ4n) is 2.17. The van der Waals surface area contributed by atoms with Gasteiger partial charge in [-0.1, -0.05) is 13.8 Å². The number of aromatic nitrogens is 1. The number of carbonyl (C=O) groups is 1. The smallest absolute Gasteiger partial charge is 0.319 e. The summed E-state index contributed by atoms with van der Waals surface area (Å²) in [5, 5.41) is 2.99. The van der Waals surface area contributed by atoms with Gasteiger partial charge in [-0.2, -0.15) is 0 Å². The normalized spacial score (nSPS) is 16.3. The lowest BCUT2D eigenvalue weighted by Crippen LogP contribution is -2.45. The Morgan fingerprint density at radius 3 is 2.63 bits per heavy atom. The number of hydrogen-bond acceptors (Lipinski definition) is 2. The fourth-order valence-corrected chi connectivity index (χ4v) is 2.17. The molecule has 1 saturated carbocycles. The monoisotopic (exact) mass is 261 g/mol. The second kappa shape index (κ2) is 5.59. The van der Waals surface area contributed by atoms with E-state index in [4.69, 9.17) is 0 Å². The zero-order chi connectivity index (χ0) is 14.0. The summed E-state index contributed by atoms with van der Waals surface area (Å²) in [6, 6.07) is 4.41. The van der Waals surface area contributed by atoms with Crippen molar-refractivity contribution in [3.8, 4) is 0 Å². The Labute approximate surface area is 115 Å². The van der Waals surface area contributed by atoms with Crippen LogP contribution in [0.15, 0.2) is 18.3 Å². The lowest BCUT2D eigenvalue weighted by atomic mass is 10.0. The van der Waals surface area contributed by atoms with E-state index in [1.54, 1.807) is 6.20 Å². The summed E-state index contributed by atoms with van der Waals surface area (Å²) in [5.74, 6) is 0.463. The summed E-state index contributed by atoms with van der Waals surface area (Å²) in [7, 11) is 0. The van der Waals surface area contributed by atoms with Gasteiger partial charge < -0.3 is 10.2 Å². The first-order chi connectivity index (χ1) is 8.99. The fraction of sp³-hybridized carbons (Fsp3) is 0.600. The van der Waals surface area contributed by atoms with Crippen molar-refractivity contribution in [2.75, 3.05) is 5.32 Å². The molecule has 2 rings (SSSR count). The first-order valence-corrected chi connectivity index (χ1v) is 7.01. The molecule has 1 aliphatic rings. The van der Waals surface area contributed by atoms with Gasteiger partial charge in [0.05, 0.1) is 0 Å². The first-order valence-electron chi connectivity index (χ1n) is 7.01. The molecule has 0 radical (unpaired) electrons. The van der Waals surface area contributed by atoms with Gasteiger partial charge in [-0.05, 0) is 44.7 Å². The first kappa shape index (κ1) is 13.8. The molecule has 104 valence electrons. The van der Waals surface area contributed by atoms with Crippen LogP contribution in [0.2, 0.25) is 0 Å². The minimum atomic E-state index is 0.00861. The van der Waals surface area contributed by atoms with Crippen LogP contribution in [0.5, 0.6) is 0 Å². The summed E-state index contributed by atoms with van der Waals surface area (Å²) in [6.07, 6.45) is 3.97. The van der Waals surface area contributed by atoms with Crippen molar-refractivity contribution in [3.63, 3.8) is 0 Å². The molecule has 1 aliphatic carbocycles. The van der Waals surface area contributed by atoms with Crippen LogP contribution in [0, 0.1) is 12.8 Å². The largest absolute Gasteiger partial charge is 0.322 e. The van der Waals surface area contributed by atoms with Crippen molar-refractivity contribution in [2.24, 2.45) is 5.92 Å². The lowest BCUT2D eigenvalue weighted by molar-refractivity contribution is 0.169. The Bertz CT molecular complexity index is 454. The maximum Gasteiger partial charge on any atom is 0.322 e. The van der Waals surface area contributed by atoms with Gasteiger partial charge in [0.1, 0.15) is 0 Å². The number of hydrogen-bond donors (Lipinski definition) is 1. The van der Waals surface area contributed by atoms with Gasteiger partial charge in [0.15, 0.2) is 0 Å². The van der Waals surface area contributed by atoms with E-state index in [9.17, 15) is 4.79 Å². The predicted molar refractivity (Wildman–Crippen MR) is 77.2 cm³/mol. The van der Waals surface area contributed by atoms with Gasteiger partial charge in [0.2, 0.25) is 0 Å². The van der Waals surface area contributed by atoms with Gasteiger partial charge in [-0.3, -0.25) is 4.98 Å². The summed E-state index contributed by atoms with van der Waals surface area (Å²) >= 11 is 0. The van der Waals surface area contributed by atoms with Gasteiger partial charge in [0.25, 0.3) is 0 Å². The summed E-state index contributed by atoms with van der Waals surface area (Å²) in [6.45, 7) is 8.36. The van der Waals surface area contributed by atoms with E-state index in [1.165, 1.54) is 0 Å². The molecule has 0 unspecified atom stereocenters. The number of nitrogens with zero attached hydrogens (tertiary/aromatic N) is 2. The van der Waals surface area contributed by atoms with E-state index in [0.717, 1.165) is 24.2 Å². The molecule has 0 aromatic carbocycles. The molecule has 0 aliphatic heterocycles. The SMILES string of the molecule is Cc1cc(NC(=O)N(C2CC2)[C@@H](C)C(C)C)ccn1. The van der Waals surface area contributed by atoms with Crippen molar-refractivity contribution < 1.29 is 4.79 Å². The number of rotatable bonds is 4. The van der Waals surface area contributed by atoms with Crippen LogP contribution in [0.4, 0.5) is 10.5 Å². The Hall–Kier alpha value is -1.58. The molecule has 1 N–H and O–H groups in total. The highest BCUT2D eigenvalue weighted by molar-refractivity contribution is 5.90. The number of carbonyl (C=O) groups excluding carboxylic acids is 1. The van der Waals surface area contributed by atoms with Crippen molar-refractivity contribution >= 4 is 11.7 Å². The number of anilines is 1. The maximum absolute atomic E-state index is 12.4. The Morgan fingerprint density at radius 2 is 2.11 bits per heavy atom. The molecule has 0 spiro atoms. The summed E-state index contributed by atoms with van der Waals surface area (Å²) in [4.78, 5) is 18.6. The Balaban J connectivity index is 2.08. The average Bonchev–Trinajstić information content (AvgIpc) is 3.13. The van der Waals surface area contributed by atoms with E-state index in [0.29, 0.717) is 12.0 Å². The molecule has 0 saturated heterocycles. The number of amides is 2. The molecule has 1 heterocycles. The molecular weight excluding hydrogens is 238 g/mol. The summed E-state index contributed by atoms with van der Waals surface area (Å²) < 4.78 is 0.